The molecule has 0 spiro atoms. The first-order valence-electron chi connectivity index (χ1n) is 15.4. The quantitative estimate of drug-likeness (QED) is 0.300. The molecule has 2 aromatic carbocycles. The zero-order valence-corrected chi connectivity index (χ0v) is 26.5. The molecule has 0 bridgehead atoms. The van der Waals surface area contributed by atoms with Gasteiger partial charge in [0.2, 0.25) is 5.91 Å². The summed E-state index contributed by atoms with van der Waals surface area (Å²) < 4.78 is 18.5. The number of carbonyl (C=O) groups is 1. The van der Waals surface area contributed by atoms with Crippen molar-refractivity contribution in [2.24, 2.45) is 7.05 Å². The molecule has 0 N–H and O–H groups in total. The number of likely N-dealkylation sites (tertiary alicyclic amines) is 1. The summed E-state index contributed by atoms with van der Waals surface area (Å²) in [7, 11) is 1.84. The molecule has 2 fully saturated rings. The summed E-state index contributed by atoms with van der Waals surface area (Å²) in [5, 5.41) is 5.79. The van der Waals surface area contributed by atoms with Crippen LogP contribution in [0.15, 0.2) is 46.7 Å². The van der Waals surface area contributed by atoms with Crippen molar-refractivity contribution >= 4 is 45.3 Å². The van der Waals surface area contributed by atoms with Crippen LogP contribution in [0.25, 0.3) is 32.9 Å². The third-order valence-electron chi connectivity index (χ3n) is 9.56. The second kappa shape index (κ2) is 11.0. The van der Waals surface area contributed by atoms with Gasteiger partial charge in [-0.15, -0.1) is 11.8 Å². The van der Waals surface area contributed by atoms with E-state index in [-0.39, 0.29) is 35.5 Å². The molecule has 1 amide bonds. The Kier molecular flexibility index (Phi) is 7.28. The van der Waals surface area contributed by atoms with Gasteiger partial charge >= 0.3 is 5.69 Å². The minimum atomic E-state index is -0.303. The molecule has 9 nitrogen and oxygen atoms in total. The van der Waals surface area contributed by atoms with Crippen molar-refractivity contribution in [3.8, 4) is 11.1 Å². The van der Waals surface area contributed by atoms with Crippen LogP contribution in [0.4, 0.5) is 10.2 Å². The highest BCUT2D eigenvalue weighted by Crippen LogP contribution is 2.47. The molecule has 2 aromatic heterocycles. The lowest BCUT2D eigenvalue weighted by molar-refractivity contribution is -0.130. The molecule has 1 unspecified atom stereocenters. The maximum atomic E-state index is 14.9. The third-order valence-corrected chi connectivity index (χ3v) is 10.8. The Bertz CT molecular complexity index is 1870. The first-order valence-corrected chi connectivity index (χ1v) is 16.4. The molecule has 0 saturated carbocycles. The number of nitrogens with zero attached hydrogens (tertiary/aromatic N) is 7. The number of hydrogen-bond donors (Lipinski definition) is 0. The molecular weight excluding hydrogens is 577 g/mol. The molecular formula is C33H38FN7O2S. The van der Waals surface area contributed by atoms with Crippen LogP contribution in [0, 0.1) is 12.7 Å². The van der Waals surface area contributed by atoms with Crippen LogP contribution in [-0.2, 0) is 11.8 Å². The molecule has 2 saturated heterocycles. The zero-order valence-electron chi connectivity index (χ0n) is 25.7. The Labute approximate surface area is 260 Å². The Balaban J connectivity index is 1.45. The second-order valence-electron chi connectivity index (χ2n) is 12.5. The lowest BCUT2D eigenvalue weighted by Gasteiger charge is -2.45. The summed E-state index contributed by atoms with van der Waals surface area (Å²) >= 11 is 1.78. The van der Waals surface area contributed by atoms with E-state index in [1.807, 2.05) is 36.4 Å². The maximum Gasteiger partial charge on any atom is 0.350 e. The highest BCUT2D eigenvalue weighted by atomic mass is 32.2. The number of benzene rings is 2. The number of anilines is 1. The normalized spacial score (nSPS) is 22.3. The van der Waals surface area contributed by atoms with Gasteiger partial charge in [0, 0.05) is 65.9 Å². The molecule has 3 aliphatic heterocycles. The molecule has 0 radical (unpaired) electrons. The molecule has 3 aliphatic rings. The highest BCUT2D eigenvalue weighted by Gasteiger charge is 2.36. The number of amides is 1. The molecule has 3 atom stereocenters. The highest BCUT2D eigenvalue weighted by molar-refractivity contribution is 7.99. The predicted octanol–water partition coefficient (Wildman–Crippen LogP) is 4.75. The van der Waals surface area contributed by atoms with Crippen LogP contribution in [0.1, 0.15) is 38.3 Å². The summed E-state index contributed by atoms with van der Waals surface area (Å²) in [5.74, 6) is 1.02. The Morgan fingerprint density at radius 1 is 1.14 bits per heavy atom. The molecule has 7 rings (SSSR count). The average molecular weight is 616 g/mol. The molecule has 4 aromatic rings. The van der Waals surface area contributed by atoms with E-state index >= 15 is 0 Å². The number of carbonyl (C=O) groups excluding carboxylic acids is 1. The number of piperazine rings is 1. The van der Waals surface area contributed by atoms with Crippen LogP contribution in [0.5, 0.6) is 0 Å². The Morgan fingerprint density at radius 2 is 1.86 bits per heavy atom. The fraction of sp³-hybridized carbons (Fsp3) is 0.455. The van der Waals surface area contributed by atoms with Crippen molar-refractivity contribution in [3.63, 3.8) is 0 Å². The summed E-state index contributed by atoms with van der Waals surface area (Å²) in [6.45, 7) is 13.9. The number of fused-ring (bicyclic) bond motifs is 1. The van der Waals surface area contributed by atoms with Gasteiger partial charge in [-0.3, -0.25) is 14.0 Å². The smallest absolute Gasteiger partial charge is 0.350 e. The van der Waals surface area contributed by atoms with Crippen molar-refractivity contribution in [2.75, 3.05) is 43.4 Å². The van der Waals surface area contributed by atoms with Crippen molar-refractivity contribution in [1.29, 1.82) is 0 Å². The van der Waals surface area contributed by atoms with E-state index in [1.165, 1.54) is 25.0 Å². The molecule has 44 heavy (non-hydrogen) atoms. The number of aromatic nitrogens is 4. The van der Waals surface area contributed by atoms with Gasteiger partial charge in [-0.1, -0.05) is 6.58 Å². The minimum absolute atomic E-state index is 0.0115. The largest absolute Gasteiger partial charge is 0.352 e. The maximum absolute atomic E-state index is 14.9. The Hall–Kier alpha value is -3.70. The molecule has 230 valence electrons. The lowest BCUT2D eigenvalue weighted by atomic mass is 9.95. The molecule has 5 heterocycles. The van der Waals surface area contributed by atoms with Crippen LogP contribution >= 0.6 is 11.8 Å². The van der Waals surface area contributed by atoms with E-state index in [9.17, 15) is 14.0 Å². The van der Waals surface area contributed by atoms with Gasteiger partial charge in [0.05, 0.1) is 28.7 Å². The zero-order chi connectivity index (χ0) is 30.9. The van der Waals surface area contributed by atoms with Gasteiger partial charge in [0.25, 0.3) is 0 Å². The van der Waals surface area contributed by atoms with E-state index in [4.69, 9.17) is 4.98 Å². The van der Waals surface area contributed by atoms with Crippen LogP contribution in [-0.4, -0.2) is 85.6 Å². The second-order valence-corrected chi connectivity index (χ2v) is 13.6. The van der Waals surface area contributed by atoms with Gasteiger partial charge < -0.3 is 14.7 Å². The lowest BCUT2D eigenvalue weighted by Crippen LogP contribution is -2.58. The minimum Gasteiger partial charge on any atom is -0.352 e. The first kappa shape index (κ1) is 29.0. The standard InChI is InChI=1S/C33H38FN7O2S/c1-6-27(42)40-20(3)15-39(16-21(40)4)32-24-13-19(2)28(23-9-10-26(34)25-14-35-37(5)29(23)25)31-30(24)41(33(43)36-32)22(18-44-31)17-38-11-7-8-12-38/h6,9-10,13-14,20-22H,1,7-8,11-12,15-18H2,2-5H3/t20-,21+,22?. The van der Waals surface area contributed by atoms with Gasteiger partial charge in [-0.2, -0.15) is 10.1 Å². The summed E-state index contributed by atoms with van der Waals surface area (Å²) in [6.07, 6.45) is 5.31. The van der Waals surface area contributed by atoms with Gasteiger partial charge in [-0.05, 0) is 76.5 Å². The number of hydrogen-bond acceptors (Lipinski definition) is 7. The summed E-state index contributed by atoms with van der Waals surface area (Å²) in [6, 6.07) is 5.33. The van der Waals surface area contributed by atoms with E-state index in [2.05, 4.69) is 34.5 Å². The van der Waals surface area contributed by atoms with Crippen LogP contribution in [0.3, 0.4) is 0 Å². The van der Waals surface area contributed by atoms with Crippen LogP contribution < -0.4 is 10.6 Å². The topological polar surface area (TPSA) is 79.5 Å². The van der Waals surface area contributed by atoms with Crippen molar-refractivity contribution < 1.29 is 9.18 Å². The average Bonchev–Trinajstić information content (AvgIpc) is 3.65. The van der Waals surface area contributed by atoms with E-state index in [0.717, 1.165) is 63.4 Å². The fourth-order valence-corrected chi connectivity index (χ4v) is 9.06. The van der Waals surface area contributed by atoms with Gasteiger partial charge in [0.15, 0.2) is 0 Å². The first-order chi connectivity index (χ1) is 21.2. The van der Waals surface area contributed by atoms with Crippen molar-refractivity contribution in [1.82, 2.24) is 29.1 Å². The molecule has 11 heteroatoms. The Morgan fingerprint density at radius 3 is 2.57 bits per heavy atom. The fourth-order valence-electron chi connectivity index (χ4n) is 7.69. The van der Waals surface area contributed by atoms with Crippen molar-refractivity contribution in [3.05, 3.63) is 58.9 Å². The predicted molar refractivity (Wildman–Crippen MR) is 174 cm³/mol. The molecule has 0 aliphatic carbocycles. The number of rotatable bonds is 5. The number of thioether (sulfide) groups is 1. The SMILES string of the molecule is C=CC(=O)N1[C@H](C)CN(c2nc(=O)n3c4c(c(-c5ccc(F)c6cnn(C)c56)c(C)cc24)SCC3CN2CCCC2)C[C@@H]1C. The number of aryl methyl sites for hydroxylation is 2. The van der Waals surface area contributed by atoms with Gasteiger partial charge in [-0.25, -0.2) is 9.18 Å². The summed E-state index contributed by atoms with van der Waals surface area (Å²) in [4.78, 5) is 39.1. The third kappa shape index (κ3) is 4.54. The van der Waals surface area contributed by atoms with E-state index in [0.29, 0.717) is 24.3 Å². The van der Waals surface area contributed by atoms with E-state index in [1.54, 1.807) is 22.6 Å². The van der Waals surface area contributed by atoms with E-state index < -0.39 is 0 Å². The summed E-state index contributed by atoms with van der Waals surface area (Å²) in [5.41, 5.74) is 4.31. The van der Waals surface area contributed by atoms with Crippen LogP contribution in [0.2, 0.25) is 0 Å². The van der Waals surface area contributed by atoms with Crippen molar-refractivity contribution in [2.45, 2.75) is 56.6 Å². The van der Waals surface area contributed by atoms with Gasteiger partial charge in [0.1, 0.15) is 11.6 Å². The monoisotopic (exact) mass is 615 g/mol. The number of halogens is 1.